The molecule has 28 heavy (non-hydrogen) atoms. The first-order valence-electron chi connectivity index (χ1n) is 10.1. The summed E-state index contributed by atoms with van der Waals surface area (Å²) in [5.41, 5.74) is 1.90. The maximum Gasteiger partial charge on any atom is 0.268 e. The molecule has 0 bridgehead atoms. The van der Waals surface area contributed by atoms with Crippen molar-refractivity contribution < 1.29 is 14.4 Å². The van der Waals surface area contributed by atoms with Crippen molar-refractivity contribution in [2.75, 3.05) is 5.32 Å². The fraction of sp³-hybridized carbons (Fsp3) is 0.500. The van der Waals surface area contributed by atoms with Crippen LogP contribution in [0.15, 0.2) is 29.2 Å². The Hall–Kier alpha value is -2.08. The summed E-state index contributed by atoms with van der Waals surface area (Å²) in [5.74, 6) is -0.460. The molecular formula is C22H28N2O3S. The molecule has 1 N–H and O–H groups in total. The quantitative estimate of drug-likeness (QED) is 0.580. The Balaban J connectivity index is 1.94. The number of carbonyl (C=O) groups is 3. The zero-order valence-electron chi connectivity index (χ0n) is 16.8. The molecule has 3 rings (SSSR count). The lowest BCUT2D eigenvalue weighted by atomic mass is 10.0. The average molecular weight is 401 g/mol. The number of amides is 3. The lowest BCUT2D eigenvalue weighted by molar-refractivity contribution is -0.139. The third kappa shape index (κ3) is 4.49. The number of nitrogens with one attached hydrogen (secondary N) is 1. The highest BCUT2D eigenvalue weighted by Gasteiger charge is 2.42. The largest absolute Gasteiger partial charge is 0.326 e. The van der Waals surface area contributed by atoms with Gasteiger partial charge >= 0.3 is 0 Å². The van der Waals surface area contributed by atoms with Crippen LogP contribution in [0.25, 0.3) is 5.57 Å². The highest BCUT2D eigenvalue weighted by molar-refractivity contribution is 8.04. The Morgan fingerprint density at radius 1 is 1.04 bits per heavy atom. The number of hydrogen-bond donors (Lipinski definition) is 1. The van der Waals surface area contributed by atoms with Crippen molar-refractivity contribution >= 4 is 40.7 Å². The van der Waals surface area contributed by atoms with Crippen molar-refractivity contribution in [2.45, 2.75) is 70.6 Å². The topological polar surface area (TPSA) is 66.5 Å². The molecular weight excluding hydrogens is 372 g/mol. The minimum absolute atomic E-state index is 0.00131. The van der Waals surface area contributed by atoms with Gasteiger partial charge < -0.3 is 5.32 Å². The summed E-state index contributed by atoms with van der Waals surface area (Å²) in [4.78, 5) is 39.9. The fourth-order valence-electron chi connectivity index (χ4n) is 3.90. The number of benzene rings is 1. The molecule has 0 atom stereocenters. The van der Waals surface area contributed by atoms with E-state index < -0.39 is 0 Å². The molecule has 1 saturated carbocycles. The summed E-state index contributed by atoms with van der Waals surface area (Å²) in [7, 11) is 0. The second-order valence-corrected chi connectivity index (χ2v) is 9.34. The van der Waals surface area contributed by atoms with Gasteiger partial charge in [0, 0.05) is 23.9 Å². The Morgan fingerprint density at radius 2 is 1.64 bits per heavy atom. The van der Waals surface area contributed by atoms with E-state index in [1.165, 1.54) is 36.4 Å². The molecule has 1 aromatic carbocycles. The minimum atomic E-state index is -0.174. The summed E-state index contributed by atoms with van der Waals surface area (Å²) in [6.07, 6.45) is 6.26. The SMILES string of the molecule is CC(=O)Nc1ccc(C2=C(SC(C)C)C(=O)N(C3CCCCCC3)C2=O)cc1. The van der Waals surface area contributed by atoms with Crippen molar-refractivity contribution in [1.29, 1.82) is 0 Å². The molecule has 1 heterocycles. The van der Waals surface area contributed by atoms with Crippen molar-refractivity contribution in [3.63, 3.8) is 0 Å². The number of rotatable bonds is 5. The van der Waals surface area contributed by atoms with E-state index in [1.54, 1.807) is 12.1 Å². The van der Waals surface area contributed by atoms with Crippen LogP contribution < -0.4 is 5.32 Å². The highest BCUT2D eigenvalue weighted by Crippen LogP contribution is 2.40. The van der Waals surface area contributed by atoms with Crippen LogP contribution in [0.5, 0.6) is 0 Å². The molecule has 3 amide bonds. The van der Waals surface area contributed by atoms with Gasteiger partial charge in [0.15, 0.2) is 0 Å². The van der Waals surface area contributed by atoms with Gasteiger partial charge in [0.1, 0.15) is 0 Å². The molecule has 1 fully saturated rings. The predicted octanol–water partition coefficient (Wildman–Crippen LogP) is 4.59. The number of hydrogen-bond acceptors (Lipinski definition) is 4. The Morgan fingerprint density at radius 3 is 2.18 bits per heavy atom. The predicted molar refractivity (Wildman–Crippen MR) is 114 cm³/mol. The van der Waals surface area contributed by atoms with Crippen LogP contribution in [-0.4, -0.2) is 33.9 Å². The highest BCUT2D eigenvalue weighted by atomic mass is 32.2. The molecule has 6 heteroatoms. The molecule has 1 aliphatic carbocycles. The molecule has 2 aliphatic rings. The van der Waals surface area contributed by atoms with E-state index >= 15 is 0 Å². The zero-order valence-corrected chi connectivity index (χ0v) is 17.6. The molecule has 0 spiro atoms. The molecule has 1 aromatic rings. The van der Waals surface area contributed by atoms with Gasteiger partial charge in [-0.15, -0.1) is 11.8 Å². The molecule has 0 aromatic heterocycles. The third-order valence-corrected chi connectivity index (χ3v) is 6.20. The maximum absolute atomic E-state index is 13.3. The van der Waals surface area contributed by atoms with E-state index in [1.807, 2.05) is 26.0 Å². The zero-order chi connectivity index (χ0) is 20.3. The van der Waals surface area contributed by atoms with Crippen LogP contribution in [0.1, 0.15) is 64.9 Å². The summed E-state index contributed by atoms with van der Waals surface area (Å²) in [6.45, 7) is 5.51. The van der Waals surface area contributed by atoms with Crippen LogP contribution in [0, 0.1) is 0 Å². The summed E-state index contributed by atoms with van der Waals surface area (Å²) < 4.78 is 0. The number of carbonyl (C=O) groups excluding carboxylic acids is 3. The summed E-state index contributed by atoms with van der Waals surface area (Å²) >= 11 is 1.46. The second-order valence-electron chi connectivity index (χ2n) is 7.75. The van der Waals surface area contributed by atoms with Crippen LogP contribution in [-0.2, 0) is 14.4 Å². The molecule has 5 nitrogen and oxygen atoms in total. The molecule has 150 valence electrons. The van der Waals surface area contributed by atoms with E-state index in [0.717, 1.165) is 31.2 Å². The monoisotopic (exact) mass is 400 g/mol. The smallest absolute Gasteiger partial charge is 0.268 e. The first-order chi connectivity index (χ1) is 13.4. The van der Waals surface area contributed by atoms with Gasteiger partial charge in [0.05, 0.1) is 10.5 Å². The second kappa shape index (κ2) is 8.95. The Bertz CT molecular complexity index is 791. The summed E-state index contributed by atoms with van der Waals surface area (Å²) in [5, 5.41) is 2.93. The standard InChI is InChI=1S/C22H28N2O3S/c1-14(2)28-20-19(16-10-12-17(13-11-16)23-15(3)25)21(26)24(22(20)27)18-8-6-4-5-7-9-18/h10-14,18H,4-9H2,1-3H3,(H,23,25). The van der Waals surface area contributed by atoms with Gasteiger partial charge in [-0.05, 0) is 30.5 Å². The lowest BCUT2D eigenvalue weighted by Crippen LogP contribution is -2.40. The van der Waals surface area contributed by atoms with Crippen molar-refractivity contribution in [3.05, 3.63) is 34.7 Å². The van der Waals surface area contributed by atoms with E-state index in [0.29, 0.717) is 16.2 Å². The van der Waals surface area contributed by atoms with Crippen LogP contribution in [0.3, 0.4) is 0 Å². The number of nitrogens with zero attached hydrogens (tertiary/aromatic N) is 1. The first-order valence-corrected chi connectivity index (χ1v) is 10.9. The van der Waals surface area contributed by atoms with Gasteiger partial charge in [0.2, 0.25) is 5.91 Å². The summed E-state index contributed by atoms with van der Waals surface area (Å²) in [6, 6.07) is 7.16. The van der Waals surface area contributed by atoms with Crippen molar-refractivity contribution in [1.82, 2.24) is 4.90 Å². The third-order valence-electron chi connectivity index (χ3n) is 5.11. The number of thioether (sulfide) groups is 1. The van der Waals surface area contributed by atoms with E-state index in [9.17, 15) is 14.4 Å². The van der Waals surface area contributed by atoms with Crippen LogP contribution >= 0.6 is 11.8 Å². The fourth-order valence-corrected chi connectivity index (χ4v) is 4.89. The van der Waals surface area contributed by atoms with E-state index in [-0.39, 0.29) is 29.0 Å². The number of anilines is 1. The first kappa shape index (κ1) is 20.6. The molecule has 0 radical (unpaired) electrons. The average Bonchev–Trinajstić information content (AvgIpc) is 2.82. The van der Waals surface area contributed by atoms with Gasteiger partial charge in [-0.2, -0.15) is 0 Å². The van der Waals surface area contributed by atoms with Gasteiger partial charge in [0.25, 0.3) is 11.8 Å². The van der Waals surface area contributed by atoms with Gasteiger partial charge in [-0.3, -0.25) is 19.3 Å². The minimum Gasteiger partial charge on any atom is -0.326 e. The van der Waals surface area contributed by atoms with E-state index in [4.69, 9.17) is 0 Å². The van der Waals surface area contributed by atoms with Crippen LogP contribution in [0.2, 0.25) is 0 Å². The normalized spacial score (nSPS) is 18.8. The molecule has 0 saturated heterocycles. The lowest BCUT2D eigenvalue weighted by Gasteiger charge is -2.25. The van der Waals surface area contributed by atoms with Gasteiger partial charge in [-0.1, -0.05) is 51.7 Å². The Kier molecular flexibility index (Phi) is 6.60. The molecule has 0 unspecified atom stereocenters. The number of imide groups is 1. The van der Waals surface area contributed by atoms with Gasteiger partial charge in [-0.25, -0.2) is 0 Å². The van der Waals surface area contributed by atoms with Crippen LogP contribution in [0.4, 0.5) is 5.69 Å². The Labute approximate surface area is 170 Å². The maximum atomic E-state index is 13.3. The molecule has 1 aliphatic heterocycles. The van der Waals surface area contributed by atoms with Crippen molar-refractivity contribution in [2.24, 2.45) is 0 Å². The van der Waals surface area contributed by atoms with Crippen molar-refractivity contribution in [3.8, 4) is 0 Å². The van der Waals surface area contributed by atoms with E-state index in [2.05, 4.69) is 5.32 Å².